The van der Waals surface area contributed by atoms with Gasteiger partial charge in [-0.1, -0.05) is 12.1 Å². The van der Waals surface area contributed by atoms with Crippen molar-refractivity contribution in [2.24, 2.45) is 5.73 Å². The minimum absolute atomic E-state index is 0.0453. The van der Waals surface area contributed by atoms with Crippen LogP contribution in [0.1, 0.15) is 16.8 Å². The van der Waals surface area contributed by atoms with Crippen LogP contribution in [-0.4, -0.2) is 44.4 Å². The van der Waals surface area contributed by atoms with Gasteiger partial charge in [0.2, 0.25) is 0 Å². The summed E-state index contributed by atoms with van der Waals surface area (Å²) in [5.74, 6) is 1.09. The fraction of sp³-hybridized carbons (Fsp3) is 0.316. The summed E-state index contributed by atoms with van der Waals surface area (Å²) in [4.78, 5) is 11.2. The van der Waals surface area contributed by atoms with E-state index in [1.807, 2.05) is 24.3 Å². The van der Waals surface area contributed by atoms with Gasteiger partial charge in [0.1, 0.15) is 18.1 Å². The molecule has 140 valence electrons. The van der Waals surface area contributed by atoms with Crippen molar-refractivity contribution < 1.29 is 24.1 Å². The summed E-state index contributed by atoms with van der Waals surface area (Å²) in [7, 11) is 1.62. The Balaban J connectivity index is 1.60. The standard InChI is InChI=1S/C19H24N2O5/c1-24-17-5-2-3-6-18(17)26-11-4-9-21-10-12-25-14-7-8-16(22)15(13-14)19(20)23/h2-3,5-8,13,21-22H,4,9-12H2,1H3,(H2,20,23). The summed E-state index contributed by atoms with van der Waals surface area (Å²) in [5, 5.41) is 12.8. The zero-order chi connectivity index (χ0) is 18.8. The van der Waals surface area contributed by atoms with Crippen molar-refractivity contribution >= 4 is 5.91 Å². The van der Waals surface area contributed by atoms with Crippen LogP contribution in [0, 0.1) is 0 Å². The van der Waals surface area contributed by atoms with Crippen molar-refractivity contribution in [1.29, 1.82) is 0 Å². The Hall–Kier alpha value is -2.93. The van der Waals surface area contributed by atoms with Gasteiger partial charge in [0.15, 0.2) is 11.5 Å². The monoisotopic (exact) mass is 360 g/mol. The second-order valence-corrected chi connectivity index (χ2v) is 5.49. The Bertz CT molecular complexity index is 721. The number of nitrogens with one attached hydrogen (secondary N) is 1. The first-order valence-electron chi connectivity index (χ1n) is 8.34. The molecule has 7 heteroatoms. The van der Waals surface area contributed by atoms with Crippen LogP contribution in [-0.2, 0) is 0 Å². The molecule has 2 aromatic carbocycles. The van der Waals surface area contributed by atoms with Gasteiger partial charge < -0.3 is 30.4 Å². The van der Waals surface area contributed by atoms with E-state index >= 15 is 0 Å². The number of hydrogen-bond acceptors (Lipinski definition) is 6. The normalized spacial score (nSPS) is 10.3. The minimum atomic E-state index is -0.693. The lowest BCUT2D eigenvalue weighted by Crippen LogP contribution is -2.23. The zero-order valence-corrected chi connectivity index (χ0v) is 14.7. The van der Waals surface area contributed by atoms with Gasteiger partial charge in [-0.25, -0.2) is 0 Å². The number of phenols is 1. The molecule has 0 spiro atoms. The molecule has 0 aliphatic rings. The molecule has 26 heavy (non-hydrogen) atoms. The number of carbonyl (C=O) groups excluding carboxylic acids is 1. The van der Waals surface area contributed by atoms with E-state index in [0.717, 1.165) is 24.5 Å². The van der Waals surface area contributed by atoms with Crippen LogP contribution in [0.5, 0.6) is 23.0 Å². The van der Waals surface area contributed by atoms with Gasteiger partial charge in [-0.2, -0.15) is 0 Å². The van der Waals surface area contributed by atoms with E-state index in [9.17, 15) is 9.90 Å². The average molecular weight is 360 g/mol. The van der Waals surface area contributed by atoms with Crippen LogP contribution in [0.4, 0.5) is 0 Å². The van der Waals surface area contributed by atoms with Crippen molar-refractivity contribution in [3.8, 4) is 23.0 Å². The highest BCUT2D eigenvalue weighted by atomic mass is 16.5. The molecule has 7 nitrogen and oxygen atoms in total. The summed E-state index contributed by atoms with van der Waals surface area (Å²) >= 11 is 0. The Labute approximate surface area is 152 Å². The van der Waals surface area contributed by atoms with Crippen molar-refractivity contribution in [3.63, 3.8) is 0 Å². The third-order valence-electron chi connectivity index (χ3n) is 3.61. The number of amides is 1. The number of methoxy groups -OCH3 is 1. The Kier molecular flexibility index (Phi) is 7.57. The van der Waals surface area contributed by atoms with E-state index in [1.54, 1.807) is 13.2 Å². The quantitative estimate of drug-likeness (QED) is 0.529. The summed E-state index contributed by atoms with van der Waals surface area (Å²) in [5.41, 5.74) is 5.23. The van der Waals surface area contributed by atoms with Crippen LogP contribution in [0.25, 0.3) is 0 Å². The predicted molar refractivity (Wildman–Crippen MR) is 98.1 cm³/mol. The van der Waals surface area contributed by atoms with Crippen molar-refractivity contribution in [3.05, 3.63) is 48.0 Å². The summed E-state index contributed by atoms with van der Waals surface area (Å²) in [6.45, 7) is 2.42. The van der Waals surface area contributed by atoms with Gasteiger partial charge in [-0.3, -0.25) is 4.79 Å². The molecular formula is C19H24N2O5. The number of ether oxygens (including phenoxy) is 3. The Morgan fingerprint density at radius 2 is 1.85 bits per heavy atom. The first-order chi connectivity index (χ1) is 12.6. The molecule has 0 aliphatic carbocycles. The lowest BCUT2D eigenvalue weighted by Gasteiger charge is -2.11. The first kappa shape index (κ1) is 19.4. The van der Waals surface area contributed by atoms with E-state index in [1.165, 1.54) is 12.1 Å². The zero-order valence-electron chi connectivity index (χ0n) is 14.7. The van der Waals surface area contributed by atoms with Gasteiger partial charge in [0.25, 0.3) is 5.91 Å². The number of benzene rings is 2. The van der Waals surface area contributed by atoms with Crippen LogP contribution >= 0.6 is 0 Å². The van der Waals surface area contributed by atoms with Gasteiger partial charge in [0.05, 0.1) is 19.3 Å². The molecule has 1 amide bonds. The van der Waals surface area contributed by atoms with Crippen molar-refractivity contribution in [2.75, 3.05) is 33.4 Å². The van der Waals surface area contributed by atoms with Crippen LogP contribution in [0.3, 0.4) is 0 Å². The van der Waals surface area contributed by atoms with Gasteiger partial charge in [-0.15, -0.1) is 0 Å². The first-order valence-corrected chi connectivity index (χ1v) is 8.34. The number of hydrogen-bond donors (Lipinski definition) is 3. The van der Waals surface area contributed by atoms with Crippen LogP contribution < -0.4 is 25.3 Å². The highest BCUT2D eigenvalue weighted by molar-refractivity contribution is 5.95. The van der Waals surface area contributed by atoms with Crippen LogP contribution in [0.15, 0.2) is 42.5 Å². The maximum absolute atomic E-state index is 11.2. The third kappa shape index (κ3) is 5.86. The lowest BCUT2D eigenvalue weighted by atomic mass is 10.2. The van der Waals surface area contributed by atoms with E-state index in [0.29, 0.717) is 25.5 Å². The third-order valence-corrected chi connectivity index (χ3v) is 3.61. The molecule has 4 N–H and O–H groups in total. The lowest BCUT2D eigenvalue weighted by molar-refractivity contribution is 0.0997. The molecule has 0 unspecified atom stereocenters. The van der Waals surface area contributed by atoms with Crippen LogP contribution in [0.2, 0.25) is 0 Å². The molecule has 0 saturated carbocycles. The van der Waals surface area contributed by atoms with E-state index in [2.05, 4.69) is 5.32 Å². The fourth-order valence-electron chi connectivity index (χ4n) is 2.29. The molecule has 0 radical (unpaired) electrons. The SMILES string of the molecule is COc1ccccc1OCCCNCCOc1ccc(O)c(C(N)=O)c1. The second-order valence-electron chi connectivity index (χ2n) is 5.49. The number of primary amides is 1. The van der Waals surface area contributed by atoms with Crippen molar-refractivity contribution in [2.45, 2.75) is 6.42 Å². The largest absolute Gasteiger partial charge is 0.507 e. The molecule has 0 aromatic heterocycles. The molecule has 0 fully saturated rings. The predicted octanol–water partition coefficient (Wildman–Crippen LogP) is 1.94. The molecule has 0 atom stereocenters. The topological polar surface area (TPSA) is 103 Å². The van der Waals surface area contributed by atoms with E-state index in [-0.39, 0.29) is 11.3 Å². The number of para-hydroxylation sites is 2. The average Bonchev–Trinajstić information content (AvgIpc) is 2.65. The Morgan fingerprint density at radius 3 is 2.58 bits per heavy atom. The summed E-state index contributed by atoms with van der Waals surface area (Å²) in [6.07, 6.45) is 0.836. The highest BCUT2D eigenvalue weighted by Gasteiger charge is 2.08. The number of carbonyl (C=O) groups is 1. The number of rotatable bonds is 11. The number of aromatic hydroxyl groups is 1. The maximum Gasteiger partial charge on any atom is 0.252 e. The summed E-state index contributed by atoms with van der Waals surface area (Å²) < 4.78 is 16.4. The van der Waals surface area contributed by atoms with E-state index < -0.39 is 5.91 Å². The molecule has 2 aromatic rings. The smallest absolute Gasteiger partial charge is 0.252 e. The molecule has 2 rings (SSSR count). The molecule has 0 bridgehead atoms. The molecule has 0 aliphatic heterocycles. The minimum Gasteiger partial charge on any atom is -0.507 e. The molecule has 0 heterocycles. The Morgan fingerprint density at radius 1 is 1.08 bits per heavy atom. The fourth-order valence-corrected chi connectivity index (χ4v) is 2.29. The highest BCUT2D eigenvalue weighted by Crippen LogP contribution is 2.25. The van der Waals surface area contributed by atoms with Gasteiger partial charge in [0, 0.05) is 6.54 Å². The maximum atomic E-state index is 11.2. The molecular weight excluding hydrogens is 336 g/mol. The summed E-state index contributed by atoms with van der Waals surface area (Å²) in [6, 6.07) is 11.9. The number of nitrogens with two attached hydrogens (primary N) is 1. The van der Waals surface area contributed by atoms with Crippen molar-refractivity contribution in [1.82, 2.24) is 5.32 Å². The van der Waals surface area contributed by atoms with Gasteiger partial charge in [-0.05, 0) is 43.3 Å². The van der Waals surface area contributed by atoms with E-state index in [4.69, 9.17) is 19.9 Å². The second kappa shape index (κ2) is 10.1. The van der Waals surface area contributed by atoms with Gasteiger partial charge >= 0.3 is 0 Å². The molecule has 0 saturated heterocycles.